The van der Waals surface area contributed by atoms with Crippen LogP contribution in [0.25, 0.3) is 0 Å². The molecule has 0 spiro atoms. The average molecular weight is 278 g/mol. The standard InChI is InChI=1S/C10H14O5S2/c1-3-15-8-17(13,14)10-7-5-4-6-9(10)16(2,11)12/h4-7H,3,8H2,1-2H3. The van der Waals surface area contributed by atoms with Gasteiger partial charge in [0.25, 0.3) is 0 Å². The highest BCUT2D eigenvalue weighted by Gasteiger charge is 2.23. The Balaban J connectivity index is 3.33. The van der Waals surface area contributed by atoms with Crippen molar-refractivity contribution in [3.63, 3.8) is 0 Å². The molecule has 0 aliphatic rings. The lowest BCUT2D eigenvalue weighted by atomic mass is 10.4. The van der Waals surface area contributed by atoms with Crippen molar-refractivity contribution >= 4 is 19.7 Å². The molecule has 0 fully saturated rings. The Morgan fingerprint density at radius 3 is 2.06 bits per heavy atom. The molecule has 0 bridgehead atoms. The van der Waals surface area contributed by atoms with Gasteiger partial charge in [-0.2, -0.15) is 0 Å². The van der Waals surface area contributed by atoms with Crippen molar-refractivity contribution in [2.75, 3.05) is 18.8 Å². The summed E-state index contributed by atoms with van der Waals surface area (Å²) in [6.07, 6.45) is 0.974. The quantitative estimate of drug-likeness (QED) is 0.798. The van der Waals surface area contributed by atoms with Crippen LogP contribution in [0.5, 0.6) is 0 Å². The van der Waals surface area contributed by atoms with E-state index in [1.165, 1.54) is 24.3 Å². The fraction of sp³-hybridized carbons (Fsp3) is 0.400. The Morgan fingerprint density at radius 2 is 1.59 bits per heavy atom. The average Bonchev–Trinajstić information content (AvgIpc) is 2.25. The van der Waals surface area contributed by atoms with Crippen LogP contribution in [0.3, 0.4) is 0 Å². The molecule has 1 rings (SSSR count). The fourth-order valence-corrected chi connectivity index (χ4v) is 4.04. The summed E-state index contributed by atoms with van der Waals surface area (Å²) in [5, 5.41) is 0. The van der Waals surface area contributed by atoms with Crippen LogP contribution in [0.15, 0.2) is 34.1 Å². The zero-order chi connectivity index (χ0) is 13.1. The summed E-state index contributed by atoms with van der Waals surface area (Å²) >= 11 is 0. The topological polar surface area (TPSA) is 77.5 Å². The van der Waals surface area contributed by atoms with E-state index in [0.717, 1.165) is 6.26 Å². The Kier molecular flexibility index (Phi) is 4.29. The number of sulfone groups is 2. The van der Waals surface area contributed by atoms with Crippen LogP contribution in [-0.4, -0.2) is 35.6 Å². The molecule has 1 aromatic carbocycles. The van der Waals surface area contributed by atoms with Gasteiger partial charge in [0.05, 0.1) is 9.79 Å². The Labute approximate surface area is 101 Å². The smallest absolute Gasteiger partial charge is 0.203 e. The summed E-state index contributed by atoms with van der Waals surface area (Å²) in [4.78, 5) is -0.407. The van der Waals surface area contributed by atoms with E-state index in [0.29, 0.717) is 0 Å². The van der Waals surface area contributed by atoms with Crippen molar-refractivity contribution in [3.05, 3.63) is 24.3 Å². The molecule has 0 saturated heterocycles. The van der Waals surface area contributed by atoms with Crippen molar-refractivity contribution in [3.8, 4) is 0 Å². The second-order valence-electron chi connectivity index (χ2n) is 3.44. The van der Waals surface area contributed by atoms with Crippen LogP contribution in [0, 0.1) is 0 Å². The highest BCUT2D eigenvalue weighted by molar-refractivity contribution is 7.94. The molecule has 0 unspecified atom stereocenters. The van der Waals surface area contributed by atoms with Crippen molar-refractivity contribution in [1.29, 1.82) is 0 Å². The molecule has 0 aromatic heterocycles. The van der Waals surface area contributed by atoms with Gasteiger partial charge in [0.1, 0.15) is 0 Å². The minimum Gasteiger partial charge on any atom is -0.365 e. The zero-order valence-corrected chi connectivity index (χ0v) is 11.2. The van der Waals surface area contributed by atoms with Crippen LogP contribution < -0.4 is 0 Å². The molecule has 96 valence electrons. The van der Waals surface area contributed by atoms with Gasteiger partial charge in [0.15, 0.2) is 15.8 Å². The van der Waals surface area contributed by atoms with E-state index in [9.17, 15) is 16.8 Å². The van der Waals surface area contributed by atoms with Crippen molar-refractivity contribution in [1.82, 2.24) is 0 Å². The van der Waals surface area contributed by atoms with Crippen LogP contribution in [0.1, 0.15) is 6.92 Å². The first-order valence-electron chi connectivity index (χ1n) is 4.88. The number of ether oxygens (including phenoxy) is 1. The van der Waals surface area contributed by atoms with Crippen LogP contribution in [0.2, 0.25) is 0 Å². The first-order valence-corrected chi connectivity index (χ1v) is 8.43. The van der Waals surface area contributed by atoms with Gasteiger partial charge in [0.2, 0.25) is 9.84 Å². The number of hydrogen-bond donors (Lipinski definition) is 0. The molecule has 0 radical (unpaired) electrons. The summed E-state index contributed by atoms with van der Waals surface area (Å²) < 4.78 is 51.5. The minimum absolute atomic E-state index is 0.195. The second-order valence-corrected chi connectivity index (χ2v) is 7.33. The molecule has 0 N–H and O–H groups in total. The van der Waals surface area contributed by atoms with Gasteiger partial charge in [-0.15, -0.1) is 0 Å². The Bertz CT molecular complexity index is 587. The van der Waals surface area contributed by atoms with Crippen LogP contribution in [-0.2, 0) is 24.4 Å². The Morgan fingerprint density at radius 1 is 1.06 bits per heavy atom. The summed E-state index contributed by atoms with van der Waals surface area (Å²) in [6.45, 7) is 1.91. The zero-order valence-electron chi connectivity index (χ0n) is 9.58. The number of benzene rings is 1. The number of rotatable bonds is 5. The highest BCUT2D eigenvalue weighted by Crippen LogP contribution is 2.21. The van der Waals surface area contributed by atoms with E-state index < -0.39 is 25.6 Å². The van der Waals surface area contributed by atoms with Gasteiger partial charge in [-0.25, -0.2) is 16.8 Å². The van der Waals surface area contributed by atoms with E-state index >= 15 is 0 Å². The normalized spacial score (nSPS) is 12.6. The predicted molar refractivity (Wildman–Crippen MR) is 63.2 cm³/mol. The minimum atomic E-state index is -3.74. The predicted octanol–water partition coefficient (Wildman–Crippen LogP) is 0.858. The fourth-order valence-electron chi connectivity index (χ4n) is 1.27. The lowest BCUT2D eigenvalue weighted by Crippen LogP contribution is -2.14. The molecule has 1 aromatic rings. The van der Waals surface area contributed by atoms with E-state index in [4.69, 9.17) is 4.74 Å². The lowest BCUT2D eigenvalue weighted by molar-refractivity contribution is 0.192. The van der Waals surface area contributed by atoms with Gasteiger partial charge in [-0.3, -0.25) is 0 Å². The maximum absolute atomic E-state index is 11.9. The van der Waals surface area contributed by atoms with E-state index in [-0.39, 0.29) is 16.4 Å². The molecule has 0 heterocycles. The summed E-state index contributed by atoms with van der Waals surface area (Å²) in [5.41, 5.74) is 0. The highest BCUT2D eigenvalue weighted by atomic mass is 32.2. The maximum Gasteiger partial charge on any atom is 0.203 e. The SMILES string of the molecule is CCOCS(=O)(=O)c1ccccc1S(C)(=O)=O. The van der Waals surface area contributed by atoms with E-state index in [2.05, 4.69) is 0 Å². The van der Waals surface area contributed by atoms with Gasteiger partial charge in [-0.05, 0) is 19.1 Å². The van der Waals surface area contributed by atoms with Crippen LogP contribution >= 0.6 is 0 Å². The molecular formula is C10H14O5S2. The summed E-state index contributed by atoms with van der Waals surface area (Å²) in [7, 11) is -7.31. The Hall–Kier alpha value is -0.920. The molecule has 0 atom stereocenters. The molecule has 0 aliphatic heterocycles. The number of hydrogen-bond acceptors (Lipinski definition) is 5. The maximum atomic E-state index is 11.9. The second kappa shape index (κ2) is 5.16. The molecule has 0 aliphatic carbocycles. The van der Waals surface area contributed by atoms with E-state index in [1.807, 2.05) is 0 Å². The molecular weight excluding hydrogens is 264 g/mol. The van der Waals surface area contributed by atoms with Crippen LogP contribution in [0.4, 0.5) is 0 Å². The van der Waals surface area contributed by atoms with Gasteiger partial charge in [0, 0.05) is 12.9 Å². The molecule has 5 nitrogen and oxygen atoms in total. The first kappa shape index (κ1) is 14.1. The monoisotopic (exact) mass is 278 g/mol. The third-order valence-electron chi connectivity index (χ3n) is 2.03. The molecule has 7 heteroatoms. The van der Waals surface area contributed by atoms with Gasteiger partial charge in [-0.1, -0.05) is 12.1 Å². The first-order chi connectivity index (χ1) is 7.79. The van der Waals surface area contributed by atoms with Gasteiger partial charge < -0.3 is 4.74 Å². The lowest BCUT2D eigenvalue weighted by Gasteiger charge is -2.08. The molecule has 0 saturated carbocycles. The van der Waals surface area contributed by atoms with Gasteiger partial charge >= 0.3 is 0 Å². The third kappa shape index (κ3) is 3.52. The van der Waals surface area contributed by atoms with Crippen molar-refractivity contribution < 1.29 is 21.6 Å². The largest absolute Gasteiger partial charge is 0.365 e. The van der Waals surface area contributed by atoms with E-state index in [1.54, 1.807) is 6.92 Å². The summed E-state index contributed by atoms with van der Waals surface area (Å²) in [5.74, 6) is -0.518. The molecule has 0 amide bonds. The molecule has 17 heavy (non-hydrogen) atoms. The van der Waals surface area contributed by atoms with Crippen molar-refractivity contribution in [2.45, 2.75) is 16.7 Å². The van der Waals surface area contributed by atoms with Crippen molar-refractivity contribution in [2.24, 2.45) is 0 Å². The summed E-state index contributed by atoms with van der Waals surface area (Å²) in [6, 6.07) is 5.50. The third-order valence-corrected chi connectivity index (χ3v) is 4.81.